The molecule has 0 bridgehead atoms. The summed E-state index contributed by atoms with van der Waals surface area (Å²) in [5.74, 6) is 0.152. The zero-order valence-electron chi connectivity index (χ0n) is 11.3. The normalized spacial score (nSPS) is 19.9. The number of benzene rings is 1. The minimum atomic E-state index is -3.12. The van der Waals surface area contributed by atoms with Crippen molar-refractivity contribution in [3.63, 3.8) is 0 Å². The number of aromatic nitrogens is 2. The summed E-state index contributed by atoms with van der Waals surface area (Å²) < 4.78 is 25.9. The molecule has 0 spiro atoms. The lowest BCUT2D eigenvalue weighted by atomic mass is 10.1. The zero-order chi connectivity index (χ0) is 14.2. The van der Waals surface area contributed by atoms with Crippen LogP contribution in [-0.2, 0) is 23.3 Å². The Morgan fingerprint density at radius 1 is 1.40 bits per heavy atom. The molecule has 20 heavy (non-hydrogen) atoms. The smallest absolute Gasteiger partial charge is 0.180 e. The highest BCUT2D eigenvalue weighted by Gasteiger charge is 2.33. The standard InChI is InChI=1S/C14H17N3O2S/c1-17-9-11(8-16-17)6-7-15-13-10-20(18,19)14-5-3-2-4-12(13)14/h2-5,8-9,13,15H,6-7,10H2,1H3. The van der Waals surface area contributed by atoms with Crippen LogP contribution in [0.4, 0.5) is 0 Å². The predicted octanol–water partition coefficient (Wildman–Crippen LogP) is 1.08. The zero-order valence-corrected chi connectivity index (χ0v) is 12.1. The van der Waals surface area contributed by atoms with Crippen molar-refractivity contribution >= 4 is 9.84 Å². The molecular formula is C14H17N3O2S. The topological polar surface area (TPSA) is 64.0 Å². The van der Waals surface area contributed by atoms with E-state index in [-0.39, 0.29) is 11.8 Å². The molecule has 2 aromatic rings. The molecule has 1 aliphatic rings. The quantitative estimate of drug-likeness (QED) is 0.915. The number of hydrogen-bond donors (Lipinski definition) is 1. The molecule has 0 saturated carbocycles. The minimum Gasteiger partial charge on any atom is -0.309 e. The maximum absolute atomic E-state index is 12.0. The summed E-state index contributed by atoms with van der Waals surface area (Å²) in [6.45, 7) is 0.736. The summed E-state index contributed by atoms with van der Waals surface area (Å²) in [7, 11) is -1.24. The van der Waals surface area contributed by atoms with Gasteiger partial charge in [0.1, 0.15) is 0 Å². The van der Waals surface area contributed by atoms with E-state index in [1.165, 1.54) is 0 Å². The molecule has 0 radical (unpaired) electrons. The van der Waals surface area contributed by atoms with Crippen molar-refractivity contribution in [3.8, 4) is 0 Å². The van der Waals surface area contributed by atoms with Gasteiger partial charge in [-0.25, -0.2) is 8.42 Å². The summed E-state index contributed by atoms with van der Waals surface area (Å²) in [5, 5.41) is 7.45. The highest BCUT2D eigenvalue weighted by atomic mass is 32.2. The molecule has 1 unspecified atom stereocenters. The molecule has 0 saturated heterocycles. The fraction of sp³-hybridized carbons (Fsp3) is 0.357. The van der Waals surface area contributed by atoms with Gasteiger partial charge in [0.15, 0.2) is 9.84 Å². The molecule has 1 aliphatic heterocycles. The molecule has 6 heteroatoms. The molecular weight excluding hydrogens is 274 g/mol. The SMILES string of the molecule is Cn1cc(CCNC2CS(=O)(=O)c3ccccc32)cn1. The monoisotopic (exact) mass is 291 g/mol. The number of aryl methyl sites for hydroxylation is 1. The number of nitrogens with zero attached hydrogens (tertiary/aromatic N) is 2. The van der Waals surface area contributed by atoms with Crippen molar-refractivity contribution in [1.29, 1.82) is 0 Å². The highest BCUT2D eigenvalue weighted by Crippen LogP contribution is 2.32. The lowest BCUT2D eigenvalue weighted by molar-refractivity contribution is 0.568. The van der Waals surface area contributed by atoms with Gasteiger partial charge >= 0.3 is 0 Å². The minimum absolute atomic E-state index is 0.104. The Hall–Kier alpha value is -1.66. The van der Waals surface area contributed by atoms with Crippen LogP contribution < -0.4 is 5.32 Å². The first kappa shape index (κ1) is 13.3. The predicted molar refractivity (Wildman–Crippen MR) is 76.2 cm³/mol. The van der Waals surface area contributed by atoms with E-state index in [1.54, 1.807) is 16.8 Å². The Bertz CT molecular complexity index is 722. The van der Waals surface area contributed by atoms with Crippen LogP contribution in [0.5, 0.6) is 0 Å². The molecule has 0 amide bonds. The summed E-state index contributed by atoms with van der Waals surface area (Å²) >= 11 is 0. The Morgan fingerprint density at radius 3 is 2.95 bits per heavy atom. The van der Waals surface area contributed by atoms with E-state index in [9.17, 15) is 8.42 Å². The van der Waals surface area contributed by atoms with E-state index < -0.39 is 9.84 Å². The second-order valence-corrected chi connectivity index (χ2v) is 7.10. The van der Waals surface area contributed by atoms with E-state index >= 15 is 0 Å². The Morgan fingerprint density at radius 2 is 2.20 bits per heavy atom. The van der Waals surface area contributed by atoms with Crippen LogP contribution in [0.1, 0.15) is 17.2 Å². The Kier molecular flexibility index (Phi) is 3.35. The van der Waals surface area contributed by atoms with Gasteiger partial charge in [0.2, 0.25) is 0 Å². The van der Waals surface area contributed by atoms with Crippen LogP contribution in [0, 0.1) is 0 Å². The van der Waals surface area contributed by atoms with Crippen LogP contribution in [0.25, 0.3) is 0 Å². The van der Waals surface area contributed by atoms with Crippen molar-refractivity contribution in [3.05, 3.63) is 47.8 Å². The molecule has 1 aromatic carbocycles. The fourth-order valence-electron chi connectivity index (χ4n) is 2.61. The number of fused-ring (bicyclic) bond motifs is 1. The van der Waals surface area contributed by atoms with Gasteiger partial charge < -0.3 is 5.32 Å². The van der Waals surface area contributed by atoms with Crippen molar-refractivity contribution in [2.75, 3.05) is 12.3 Å². The number of sulfone groups is 1. The lowest BCUT2D eigenvalue weighted by Crippen LogP contribution is -2.25. The highest BCUT2D eigenvalue weighted by molar-refractivity contribution is 7.91. The largest absolute Gasteiger partial charge is 0.309 e. The average Bonchev–Trinajstić information content (AvgIpc) is 2.93. The Balaban J connectivity index is 1.68. The second kappa shape index (κ2) is 5.03. The summed E-state index contributed by atoms with van der Waals surface area (Å²) in [6.07, 6.45) is 4.65. The third-order valence-electron chi connectivity index (χ3n) is 3.58. The average molecular weight is 291 g/mol. The Labute approximate surface area is 118 Å². The van der Waals surface area contributed by atoms with Gasteiger partial charge in [0.05, 0.1) is 16.8 Å². The van der Waals surface area contributed by atoms with Gasteiger partial charge in [-0.2, -0.15) is 5.10 Å². The van der Waals surface area contributed by atoms with Gasteiger partial charge in [-0.1, -0.05) is 18.2 Å². The third-order valence-corrected chi connectivity index (χ3v) is 5.39. The first-order valence-electron chi connectivity index (χ1n) is 6.59. The van der Waals surface area contributed by atoms with Crippen LogP contribution in [0.3, 0.4) is 0 Å². The van der Waals surface area contributed by atoms with Crippen LogP contribution in [0.15, 0.2) is 41.6 Å². The molecule has 0 fully saturated rings. The van der Waals surface area contributed by atoms with E-state index in [0.717, 1.165) is 24.1 Å². The third kappa shape index (κ3) is 2.48. The molecule has 106 valence electrons. The second-order valence-electron chi connectivity index (χ2n) is 5.10. The summed E-state index contributed by atoms with van der Waals surface area (Å²) in [6, 6.07) is 7.13. The van der Waals surface area contributed by atoms with E-state index in [2.05, 4.69) is 10.4 Å². The number of hydrogen-bond acceptors (Lipinski definition) is 4. The summed E-state index contributed by atoms with van der Waals surface area (Å²) in [5.41, 5.74) is 2.04. The van der Waals surface area contributed by atoms with Crippen molar-refractivity contribution in [1.82, 2.24) is 15.1 Å². The van der Waals surface area contributed by atoms with Crippen LogP contribution in [-0.4, -0.2) is 30.5 Å². The van der Waals surface area contributed by atoms with E-state index in [1.807, 2.05) is 31.6 Å². The molecule has 0 aliphatic carbocycles. The molecule has 1 N–H and O–H groups in total. The van der Waals surface area contributed by atoms with Crippen molar-refractivity contribution in [2.24, 2.45) is 7.05 Å². The first-order chi connectivity index (χ1) is 9.56. The molecule has 3 rings (SSSR count). The van der Waals surface area contributed by atoms with Gasteiger partial charge in [0.25, 0.3) is 0 Å². The van der Waals surface area contributed by atoms with Gasteiger partial charge in [-0.15, -0.1) is 0 Å². The molecule has 5 nitrogen and oxygen atoms in total. The van der Waals surface area contributed by atoms with E-state index in [0.29, 0.717) is 4.90 Å². The maximum atomic E-state index is 12.0. The fourth-order valence-corrected chi connectivity index (χ4v) is 4.38. The van der Waals surface area contributed by atoms with Gasteiger partial charge in [-0.05, 0) is 30.2 Å². The van der Waals surface area contributed by atoms with E-state index in [4.69, 9.17) is 0 Å². The lowest BCUT2D eigenvalue weighted by Gasteiger charge is -2.11. The summed E-state index contributed by atoms with van der Waals surface area (Å²) in [4.78, 5) is 0.471. The maximum Gasteiger partial charge on any atom is 0.180 e. The van der Waals surface area contributed by atoms with Gasteiger partial charge in [-0.3, -0.25) is 4.68 Å². The number of rotatable bonds is 4. The molecule has 1 aromatic heterocycles. The van der Waals surface area contributed by atoms with Crippen molar-refractivity contribution < 1.29 is 8.42 Å². The first-order valence-corrected chi connectivity index (χ1v) is 8.24. The van der Waals surface area contributed by atoms with Crippen molar-refractivity contribution in [2.45, 2.75) is 17.4 Å². The van der Waals surface area contributed by atoms with Crippen LogP contribution in [0.2, 0.25) is 0 Å². The van der Waals surface area contributed by atoms with Crippen LogP contribution >= 0.6 is 0 Å². The molecule has 2 heterocycles. The molecule has 1 atom stereocenters. The van der Waals surface area contributed by atoms with Gasteiger partial charge in [0, 0.05) is 19.3 Å². The number of nitrogens with one attached hydrogen (secondary N) is 1.